The predicted molar refractivity (Wildman–Crippen MR) is 107 cm³/mol. The molecule has 1 aromatic carbocycles. The number of aromatic nitrogens is 1. The molecule has 0 saturated carbocycles. The monoisotopic (exact) mass is 394 g/mol. The van der Waals surface area contributed by atoms with Crippen LogP contribution in [0.25, 0.3) is 0 Å². The van der Waals surface area contributed by atoms with Crippen LogP contribution in [-0.2, 0) is 27.5 Å². The second kappa shape index (κ2) is 8.77. The Hall–Kier alpha value is -1.73. The Balaban J connectivity index is 2.06. The highest BCUT2D eigenvalue weighted by Gasteiger charge is 2.17. The Bertz CT molecular complexity index is 855. The van der Waals surface area contributed by atoms with Crippen molar-refractivity contribution >= 4 is 32.2 Å². The van der Waals surface area contributed by atoms with E-state index in [1.165, 1.54) is 16.2 Å². The average molecular weight is 395 g/mol. The Labute approximate surface area is 159 Å². The Morgan fingerprint density at radius 3 is 2.38 bits per heavy atom. The van der Waals surface area contributed by atoms with E-state index in [1.807, 2.05) is 0 Å². The van der Waals surface area contributed by atoms with Crippen molar-refractivity contribution in [3.05, 3.63) is 40.4 Å². The first-order valence-electron chi connectivity index (χ1n) is 8.91. The first kappa shape index (κ1) is 20.6. The lowest BCUT2D eigenvalue weighted by Crippen LogP contribution is -2.14. The molecular weight excluding hydrogens is 368 g/mol. The van der Waals surface area contributed by atoms with E-state index in [1.54, 1.807) is 31.2 Å². The summed E-state index contributed by atoms with van der Waals surface area (Å²) in [4.78, 5) is 18.4. The minimum absolute atomic E-state index is 0.0646. The maximum Gasteiger partial charge on any atom is 0.230 e. The van der Waals surface area contributed by atoms with Gasteiger partial charge in [0.2, 0.25) is 5.91 Å². The lowest BCUT2D eigenvalue weighted by molar-refractivity contribution is -0.115. The van der Waals surface area contributed by atoms with Crippen molar-refractivity contribution in [2.45, 2.75) is 57.8 Å². The van der Waals surface area contributed by atoms with E-state index in [2.05, 4.69) is 31.1 Å². The Morgan fingerprint density at radius 2 is 1.85 bits per heavy atom. The van der Waals surface area contributed by atoms with Gasteiger partial charge in [-0.1, -0.05) is 39.8 Å². The van der Waals surface area contributed by atoms with Crippen LogP contribution < -0.4 is 5.32 Å². The lowest BCUT2D eigenvalue weighted by Gasteiger charge is -2.06. The number of nitrogens with one attached hydrogen (secondary N) is 1. The number of hydrogen-bond donors (Lipinski definition) is 1. The molecule has 5 nitrogen and oxygen atoms in total. The maximum atomic E-state index is 12.3. The quantitative estimate of drug-likeness (QED) is 0.728. The van der Waals surface area contributed by atoms with E-state index in [4.69, 9.17) is 0 Å². The van der Waals surface area contributed by atoms with Crippen molar-refractivity contribution in [1.82, 2.24) is 4.98 Å². The molecule has 1 heterocycles. The van der Waals surface area contributed by atoms with Crippen LogP contribution in [0.2, 0.25) is 0 Å². The fourth-order valence-corrected chi connectivity index (χ4v) is 4.50. The van der Waals surface area contributed by atoms with E-state index in [0.717, 1.165) is 24.1 Å². The number of aryl methyl sites for hydroxylation is 1. The van der Waals surface area contributed by atoms with Crippen LogP contribution in [-0.4, -0.2) is 25.1 Å². The minimum Gasteiger partial charge on any atom is -0.302 e. The molecule has 1 aromatic heterocycles. The first-order valence-corrected chi connectivity index (χ1v) is 11.4. The van der Waals surface area contributed by atoms with Gasteiger partial charge in [-0.2, -0.15) is 0 Å². The zero-order valence-electron chi connectivity index (χ0n) is 15.7. The number of carbonyl (C=O) groups excluding carboxylic acids is 1. The second-order valence-electron chi connectivity index (χ2n) is 6.26. The van der Waals surface area contributed by atoms with Gasteiger partial charge < -0.3 is 5.32 Å². The highest BCUT2D eigenvalue weighted by molar-refractivity contribution is 7.91. The summed E-state index contributed by atoms with van der Waals surface area (Å²) in [5.41, 5.74) is 1.84. The van der Waals surface area contributed by atoms with Crippen molar-refractivity contribution in [2.75, 3.05) is 11.1 Å². The molecule has 1 unspecified atom stereocenters. The van der Waals surface area contributed by atoms with Gasteiger partial charge in [0.1, 0.15) is 0 Å². The van der Waals surface area contributed by atoms with Gasteiger partial charge in [-0.25, -0.2) is 13.4 Å². The number of carbonyl (C=O) groups is 1. The van der Waals surface area contributed by atoms with Crippen molar-refractivity contribution in [3.8, 4) is 0 Å². The highest BCUT2D eigenvalue weighted by Crippen LogP contribution is 2.30. The Kier molecular flexibility index (Phi) is 6.94. The molecule has 142 valence electrons. The van der Waals surface area contributed by atoms with E-state index < -0.39 is 9.84 Å². The summed E-state index contributed by atoms with van der Waals surface area (Å²) in [6, 6.07) is 6.49. The summed E-state index contributed by atoms with van der Waals surface area (Å²) in [5.74, 6) is 0.290. The van der Waals surface area contributed by atoms with Crippen LogP contribution in [0, 0.1) is 0 Å². The van der Waals surface area contributed by atoms with Crippen molar-refractivity contribution in [3.63, 3.8) is 0 Å². The first-order chi connectivity index (χ1) is 12.3. The molecule has 26 heavy (non-hydrogen) atoms. The smallest absolute Gasteiger partial charge is 0.230 e. The largest absolute Gasteiger partial charge is 0.302 e. The molecule has 0 aliphatic rings. The highest BCUT2D eigenvalue weighted by atomic mass is 32.2. The molecule has 1 amide bonds. The number of benzene rings is 1. The number of sulfone groups is 1. The molecule has 2 rings (SSSR count). The molecule has 0 bridgehead atoms. The number of rotatable bonds is 8. The molecule has 0 saturated heterocycles. The van der Waals surface area contributed by atoms with Crippen molar-refractivity contribution < 1.29 is 13.2 Å². The Morgan fingerprint density at radius 1 is 1.19 bits per heavy atom. The summed E-state index contributed by atoms with van der Waals surface area (Å²) in [6.45, 7) is 7.98. The third kappa shape index (κ3) is 4.92. The summed E-state index contributed by atoms with van der Waals surface area (Å²) in [5, 5.41) is 3.50. The number of anilines is 1. The number of nitrogens with zero attached hydrogens (tertiary/aromatic N) is 1. The fourth-order valence-electron chi connectivity index (χ4n) is 2.58. The lowest BCUT2D eigenvalue weighted by atomic mass is 10.0. The minimum atomic E-state index is -3.22. The summed E-state index contributed by atoms with van der Waals surface area (Å²) < 4.78 is 23.7. The molecule has 0 radical (unpaired) electrons. The SMILES string of the molecule is CCc1sc(NC(=O)Cc2ccc(S(=O)(=O)CC)cc2)nc1C(C)CC. The molecular formula is C19H26N2O3S2. The van der Waals surface area contributed by atoms with Crippen LogP contribution in [0.4, 0.5) is 5.13 Å². The van der Waals surface area contributed by atoms with Crippen LogP contribution in [0.15, 0.2) is 29.2 Å². The number of amides is 1. The predicted octanol–water partition coefficient (Wildman–Crippen LogP) is 4.19. The van der Waals surface area contributed by atoms with Crippen LogP contribution >= 0.6 is 11.3 Å². The third-order valence-corrected chi connectivity index (χ3v) is 7.28. The summed E-state index contributed by atoms with van der Waals surface area (Å²) in [6.07, 6.45) is 2.10. The standard InChI is InChI=1S/C19H26N2O3S2/c1-5-13(4)18-16(6-2)25-19(21-18)20-17(22)12-14-8-10-15(11-9-14)26(23,24)7-3/h8-11,13H,5-7,12H2,1-4H3,(H,20,21,22). The zero-order chi connectivity index (χ0) is 19.3. The van der Waals surface area contributed by atoms with Gasteiger partial charge in [0.05, 0.1) is 22.8 Å². The second-order valence-corrected chi connectivity index (χ2v) is 9.62. The van der Waals surface area contributed by atoms with Gasteiger partial charge in [0.15, 0.2) is 15.0 Å². The van der Waals surface area contributed by atoms with Crippen molar-refractivity contribution in [1.29, 1.82) is 0 Å². The van der Waals surface area contributed by atoms with Crippen molar-refractivity contribution in [2.24, 2.45) is 0 Å². The van der Waals surface area contributed by atoms with E-state index in [9.17, 15) is 13.2 Å². The molecule has 2 aromatic rings. The molecule has 7 heteroatoms. The average Bonchev–Trinajstić information content (AvgIpc) is 3.04. The van der Waals surface area contributed by atoms with E-state index >= 15 is 0 Å². The normalized spacial score (nSPS) is 12.8. The fraction of sp³-hybridized carbons (Fsp3) is 0.474. The molecule has 0 spiro atoms. The third-order valence-electron chi connectivity index (χ3n) is 4.40. The van der Waals surface area contributed by atoms with Gasteiger partial charge in [0.25, 0.3) is 0 Å². The summed E-state index contributed by atoms with van der Waals surface area (Å²) in [7, 11) is -3.22. The van der Waals surface area contributed by atoms with Gasteiger partial charge >= 0.3 is 0 Å². The van der Waals surface area contributed by atoms with E-state index in [0.29, 0.717) is 11.0 Å². The van der Waals surface area contributed by atoms with Crippen LogP contribution in [0.3, 0.4) is 0 Å². The van der Waals surface area contributed by atoms with Crippen LogP contribution in [0.1, 0.15) is 56.2 Å². The molecule has 1 N–H and O–H groups in total. The maximum absolute atomic E-state index is 12.3. The van der Waals surface area contributed by atoms with Crippen LogP contribution in [0.5, 0.6) is 0 Å². The van der Waals surface area contributed by atoms with Gasteiger partial charge in [-0.15, -0.1) is 11.3 Å². The summed E-state index contributed by atoms with van der Waals surface area (Å²) >= 11 is 1.53. The van der Waals surface area contributed by atoms with E-state index in [-0.39, 0.29) is 23.0 Å². The molecule has 0 aliphatic carbocycles. The van der Waals surface area contributed by atoms with Gasteiger partial charge in [-0.3, -0.25) is 4.79 Å². The molecule has 0 aliphatic heterocycles. The molecule has 0 fully saturated rings. The topological polar surface area (TPSA) is 76.1 Å². The molecule has 1 atom stereocenters. The van der Waals surface area contributed by atoms with Gasteiger partial charge in [-0.05, 0) is 36.5 Å². The number of thiazole rings is 1. The zero-order valence-corrected chi connectivity index (χ0v) is 17.3. The number of hydrogen-bond acceptors (Lipinski definition) is 5. The van der Waals surface area contributed by atoms with Gasteiger partial charge in [0, 0.05) is 4.88 Å².